The summed E-state index contributed by atoms with van der Waals surface area (Å²) in [5, 5.41) is 5.37. The lowest BCUT2D eigenvalue weighted by molar-refractivity contribution is 0.183. The molecule has 1 aliphatic heterocycles. The molecule has 2 aromatic carbocycles. The molecule has 2 unspecified atom stereocenters. The predicted octanol–water partition coefficient (Wildman–Crippen LogP) is 8.47. The lowest BCUT2D eigenvalue weighted by Gasteiger charge is -2.21. The van der Waals surface area contributed by atoms with Crippen LogP contribution in [-0.2, 0) is 5.41 Å². The van der Waals surface area contributed by atoms with Crippen molar-refractivity contribution in [1.82, 2.24) is 9.97 Å². The molecule has 4 nitrogen and oxygen atoms in total. The minimum atomic E-state index is 0.0214. The summed E-state index contributed by atoms with van der Waals surface area (Å²) in [5.41, 5.74) is 6.02. The molecule has 0 N–H and O–H groups in total. The Balaban J connectivity index is 1.63. The van der Waals surface area contributed by atoms with Gasteiger partial charge in [0.05, 0.1) is 16.5 Å². The van der Waals surface area contributed by atoms with E-state index in [2.05, 4.69) is 82.2 Å². The number of fused-ring (bicyclic) bond motifs is 6. The van der Waals surface area contributed by atoms with Crippen molar-refractivity contribution in [3.05, 3.63) is 53.2 Å². The molecule has 174 valence electrons. The fraction of sp³-hybridized carbons (Fsp3) is 0.379. The minimum absolute atomic E-state index is 0.0214. The van der Waals surface area contributed by atoms with Crippen LogP contribution >= 0.6 is 11.3 Å². The van der Waals surface area contributed by atoms with Gasteiger partial charge in [0.15, 0.2) is 0 Å². The molecule has 0 saturated carbocycles. The second-order valence-electron chi connectivity index (χ2n) is 11.0. The number of hydrogen-bond acceptors (Lipinski definition) is 5. The van der Waals surface area contributed by atoms with E-state index in [4.69, 9.17) is 14.1 Å². The Bertz CT molecular complexity index is 1550. The Morgan fingerprint density at radius 1 is 1.06 bits per heavy atom. The standard InChI is InChI=1S/C29H30N2O2S/c1-15(2)11-22-16(3)19-7-8-21-23(26(19)32-22)24-25(30-14-31-28(24)33-21)18-12-17-9-10-34-27(17)20(13-18)29(4,5)6/h7-10,12-16,22H,11H2,1-6H3. The highest BCUT2D eigenvalue weighted by molar-refractivity contribution is 7.17. The van der Waals surface area contributed by atoms with Crippen molar-refractivity contribution >= 4 is 43.5 Å². The van der Waals surface area contributed by atoms with Crippen LogP contribution in [0.4, 0.5) is 0 Å². The van der Waals surface area contributed by atoms with E-state index in [0.29, 0.717) is 17.5 Å². The van der Waals surface area contributed by atoms with Crippen LogP contribution in [-0.4, -0.2) is 16.1 Å². The van der Waals surface area contributed by atoms with Crippen molar-refractivity contribution in [2.24, 2.45) is 5.92 Å². The van der Waals surface area contributed by atoms with E-state index in [0.717, 1.165) is 39.8 Å². The predicted molar refractivity (Wildman–Crippen MR) is 141 cm³/mol. The average Bonchev–Trinajstić information content (AvgIpc) is 3.47. The summed E-state index contributed by atoms with van der Waals surface area (Å²) in [7, 11) is 0. The third-order valence-electron chi connectivity index (χ3n) is 7.07. The van der Waals surface area contributed by atoms with Crippen molar-refractivity contribution in [2.45, 2.75) is 65.4 Å². The number of furan rings is 1. The van der Waals surface area contributed by atoms with Crippen LogP contribution < -0.4 is 4.74 Å². The van der Waals surface area contributed by atoms with Gasteiger partial charge in [-0.25, -0.2) is 9.97 Å². The number of aromatic nitrogens is 2. The molecule has 0 fully saturated rings. The first-order valence-corrected chi connectivity index (χ1v) is 13.0. The van der Waals surface area contributed by atoms with E-state index in [1.54, 1.807) is 17.7 Å². The number of hydrogen-bond donors (Lipinski definition) is 0. The topological polar surface area (TPSA) is 48.2 Å². The summed E-state index contributed by atoms with van der Waals surface area (Å²) < 4.78 is 14.2. The molecule has 2 atom stereocenters. The fourth-order valence-corrected chi connectivity index (χ4v) is 6.44. The van der Waals surface area contributed by atoms with Gasteiger partial charge in [0.1, 0.15) is 23.8 Å². The molecule has 6 rings (SSSR count). The van der Waals surface area contributed by atoms with Crippen LogP contribution in [0.2, 0.25) is 0 Å². The highest BCUT2D eigenvalue weighted by atomic mass is 32.1. The number of thiophene rings is 1. The first-order chi connectivity index (χ1) is 16.2. The van der Waals surface area contributed by atoms with Gasteiger partial charge in [-0.05, 0) is 58.3 Å². The first kappa shape index (κ1) is 21.6. The Kier molecular flexibility index (Phi) is 4.79. The van der Waals surface area contributed by atoms with Gasteiger partial charge in [0, 0.05) is 21.7 Å². The third-order valence-corrected chi connectivity index (χ3v) is 8.04. The van der Waals surface area contributed by atoms with Gasteiger partial charge in [0.2, 0.25) is 5.71 Å². The van der Waals surface area contributed by atoms with E-state index in [1.165, 1.54) is 21.2 Å². The summed E-state index contributed by atoms with van der Waals surface area (Å²) in [6, 6.07) is 11.0. The SMILES string of the molecule is CC(C)CC1Oc2c(ccc3oc4ncnc(-c5cc(C(C)(C)C)c6sccc6c5)c4c23)C1C. The normalized spacial score (nSPS) is 18.3. The average molecular weight is 471 g/mol. The maximum Gasteiger partial charge on any atom is 0.231 e. The number of benzene rings is 2. The molecule has 1 aliphatic rings. The highest BCUT2D eigenvalue weighted by Gasteiger charge is 2.34. The molecular weight excluding hydrogens is 440 g/mol. The van der Waals surface area contributed by atoms with Crippen molar-refractivity contribution in [1.29, 1.82) is 0 Å². The Labute approximate surface area is 204 Å². The van der Waals surface area contributed by atoms with Crippen molar-refractivity contribution in [3.8, 4) is 17.0 Å². The van der Waals surface area contributed by atoms with Crippen molar-refractivity contribution in [3.63, 3.8) is 0 Å². The molecular formula is C29H30N2O2S. The third kappa shape index (κ3) is 3.24. The van der Waals surface area contributed by atoms with Crippen molar-refractivity contribution < 1.29 is 9.15 Å². The van der Waals surface area contributed by atoms with Crippen molar-refractivity contribution in [2.75, 3.05) is 0 Å². The quantitative estimate of drug-likeness (QED) is 0.265. The second kappa shape index (κ2) is 7.54. The number of rotatable bonds is 3. The monoisotopic (exact) mass is 470 g/mol. The maximum atomic E-state index is 6.62. The van der Waals surface area contributed by atoms with Crippen LogP contribution in [0.5, 0.6) is 5.75 Å². The molecule has 5 heteroatoms. The molecule has 0 bridgehead atoms. The number of nitrogens with zero attached hydrogens (tertiary/aromatic N) is 2. The van der Waals surface area contributed by atoms with Crippen LogP contribution in [0.3, 0.4) is 0 Å². The van der Waals surface area contributed by atoms with E-state index in [9.17, 15) is 0 Å². The molecule has 0 spiro atoms. The molecule has 4 heterocycles. The van der Waals surface area contributed by atoms with Crippen LogP contribution in [0.15, 0.2) is 46.5 Å². The van der Waals surface area contributed by atoms with Crippen LogP contribution in [0.25, 0.3) is 43.4 Å². The second-order valence-corrected chi connectivity index (χ2v) is 12.0. The maximum absolute atomic E-state index is 6.62. The van der Waals surface area contributed by atoms with Crippen LogP contribution in [0, 0.1) is 5.92 Å². The summed E-state index contributed by atoms with van der Waals surface area (Å²) in [4.78, 5) is 9.31. The van der Waals surface area contributed by atoms with Gasteiger partial charge in [-0.15, -0.1) is 11.3 Å². The molecule has 5 aromatic rings. The zero-order chi connectivity index (χ0) is 23.8. The Morgan fingerprint density at radius 2 is 1.88 bits per heavy atom. The highest BCUT2D eigenvalue weighted by Crippen LogP contribution is 2.49. The minimum Gasteiger partial charge on any atom is -0.489 e. The molecule has 0 amide bonds. The van der Waals surface area contributed by atoms with E-state index >= 15 is 0 Å². The van der Waals surface area contributed by atoms with Gasteiger partial charge < -0.3 is 9.15 Å². The number of ether oxygens (including phenoxy) is 1. The van der Waals surface area contributed by atoms with Gasteiger partial charge >= 0.3 is 0 Å². The zero-order valence-corrected chi connectivity index (χ0v) is 21.4. The zero-order valence-electron chi connectivity index (χ0n) is 20.6. The lowest BCUT2D eigenvalue weighted by atomic mass is 9.85. The summed E-state index contributed by atoms with van der Waals surface area (Å²) in [6.07, 6.45) is 2.81. The first-order valence-electron chi connectivity index (χ1n) is 12.1. The summed E-state index contributed by atoms with van der Waals surface area (Å²) in [5.74, 6) is 1.86. The van der Waals surface area contributed by atoms with Crippen LogP contribution in [0.1, 0.15) is 65.0 Å². The summed E-state index contributed by atoms with van der Waals surface area (Å²) in [6.45, 7) is 13.6. The molecule has 0 radical (unpaired) electrons. The Morgan fingerprint density at radius 3 is 2.65 bits per heavy atom. The van der Waals surface area contributed by atoms with Gasteiger partial charge in [-0.1, -0.05) is 47.6 Å². The van der Waals surface area contributed by atoms with E-state index in [1.807, 2.05) is 0 Å². The van der Waals surface area contributed by atoms with Gasteiger partial charge in [0.25, 0.3) is 0 Å². The summed E-state index contributed by atoms with van der Waals surface area (Å²) >= 11 is 1.80. The van der Waals surface area contributed by atoms with Gasteiger partial charge in [-0.3, -0.25) is 0 Å². The fourth-order valence-electron chi connectivity index (χ4n) is 5.33. The Hall–Kier alpha value is -2.92. The molecule has 0 saturated heterocycles. The van der Waals surface area contributed by atoms with Gasteiger partial charge in [-0.2, -0.15) is 0 Å². The molecule has 34 heavy (non-hydrogen) atoms. The molecule has 0 aliphatic carbocycles. The van der Waals surface area contributed by atoms with E-state index in [-0.39, 0.29) is 11.5 Å². The molecule has 3 aromatic heterocycles. The lowest BCUT2D eigenvalue weighted by Crippen LogP contribution is -2.18. The smallest absolute Gasteiger partial charge is 0.231 e. The van der Waals surface area contributed by atoms with E-state index < -0.39 is 0 Å². The largest absolute Gasteiger partial charge is 0.489 e.